The Morgan fingerprint density at radius 3 is 1.53 bits per heavy atom. The van der Waals surface area contributed by atoms with Crippen molar-refractivity contribution in [2.24, 2.45) is 0 Å². The van der Waals surface area contributed by atoms with Crippen molar-refractivity contribution in [2.45, 2.75) is 0 Å². The Morgan fingerprint density at radius 1 is 0.340 bits per heavy atom. The zero-order chi connectivity index (χ0) is 31.2. The summed E-state index contributed by atoms with van der Waals surface area (Å²) < 4.78 is 6.33. The maximum Gasteiger partial charge on any atom is 0.160 e. The number of hydrogen-bond acceptors (Lipinski definition) is 3. The van der Waals surface area contributed by atoms with Gasteiger partial charge < -0.3 is 4.74 Å². The van der Waals surface area contributed by atoms with Crippen LogP contribution in [0.15, 0.2) is 170 Å². The lowest BCUT2D eigenvalue weighted by atomic mass is 9.92. The Bertz CT molecular complexity index is 2390. The lowest BCUT2D eigenvalue weighted by Gasteiger charge is -2.22. The van der Waals surface area contributed by atoms with Gasteiger partial charge in [-0.15, -0.1) is 0 Å². The Labute approximate surface area is 273 Å². The summed E-state index contributed by atoms with van der Waals surface area (Å²) in [6.45, 7) is 0. The molecule has 0 amide bonds. The van der Waals surface area contributed by atoms with Gasteiger partial charge in [-0.2, -0.15) is 0 Å². The van der Waals surface area contributed by atoms with Gasteiger partial charge in [0, 0.05) is 27.6 Å². The van der Waals surface area contributed by atoms with Crippen molar-refractivity contribution in [3.8, 4) is 78.8 Å². The van der Waals surface area contributed by atoms with E-state index in [-0.39, 0.29) is 0 Å². The fourth-order valence-corrected chi connectivity index (χ4v) is 6.50. The summed E-state index contributed by atoms with van der Waals surface area (Å²) in [5, 5.41) is 2.35. The molecule has 0 spiro atoms. The van der Waals surface area contributed by atoms with E-state index >= 15 is 0 Å². The zero-order valence-corrected chi connectivity index (χ0v) is 25.5. The van der Waals surface area contributed by atoms with Gasteiger partial charge in [-0.05, 0) is 57.5 Å². The van der Waals surface area contributed by atoms with Crippen LogP contribution in [-0.2, 0) is 0 Å². The highest BCUT2D eigenvalue weighted by Crippen LogP contribution is 2.47. The number of hydrogen-bond donors (Lipinski definition) is 0. The topological polar surface area (TPSA) is 35.0 Å². The highest BCUT2D eigenvalue weighted by molar-refractivity contribution is 6.04. The van der Waals surface area contributed by atoms with E-state index in [2.05, 4.69) is 133 Å². The molecule has 3 heteroatoms. The predicted octanol–water partition coefficient (Wildman–Crippen LogP) is 11.7. The maximum atomic E-state index is 6.33. The first kappa shape index (κ1) is 27.0. The zero-order valence-electron chi connectivity index (χ0n) is 25.5. The first-order valence-electron chi connectivity index (χ1n) is 15.8. The molecule has 8 aromatic rings. The van der Waals surface area contributed by atoms with Crippen LogP contribution < -0.4 is 4.74 Å². The predicted molar refractivity (Wildman–Crippen MR) is 192 cm³/mol. The average Bonchev–Trinajstić information content (AvgIpc) is 3.16. The summed E-state index contributed by atoms with van der Waals surface area (Å²) >= 11 is 0. The molecular weight excluding hydrogens is 572 g/mol. The second-order valence-electron chi connectivity index (χ2n) is 11.8. The van der Waals surface area contributed by atoms with Gasteiger partial charge in [0.25, 0.3) is 0 Å². The van der Waals surface area contributed by atoms with Gasteiger partial charge in [-0.1, -0.05) is 146 Å². The summed E-state index contributed by atoms with van der Waals surface area (Å²) in [4.78, 5) is 10.1. The molecule has 3 nitrogen and oxygen atoms in total. The quantitative estimate of drug-likeness (QED) is 0.197. The summed E-state index contributed by atoms with van der Waals surface area (Å²) in [5.74, 6) is 2.50. The van der Waals surface area contributed by atoms with E-state index in [0.29, 0.717) is 5.82 Å². The molecule has 0 saturated heterocycles. The van der Waals surface area contributed by atoms with Gasteiger partial charge >= 0.3 is 0 Å². The van der Waals surface area contributed by atoms with Gasteiger partial charge in [0.05, 0.1) is 11.4 Å². The molecule has 0 fully saturated rings. The highest BCUT2D eigenvalue weighted by Gasteiger charge is 2.20. The van der Waals surface area contributed by atoms with Crippen molar-refractivity contribution < 1.29 is 4.74 Å². The van der Waals surface area contributed by atoms with Crippen molar-refractivity contribution in [1.29, 1.82) is 0 Å². The molecule has 0 aliphatic carbocycles. The molecule has 0 saturated carbocycles. The first-order chi connectivity index (χ1) is 23.3. The number of nitrogens with zero attached hydrogens (tertiary/aromatic N) is 2. The van der Waals surface area contributed by atoms with E-state index in [0.717, 1.165) is 56.3 Å². The molecule has 1 aromatic heterocycles. The van der Waals surface area contributed by atoms with Gasteiger partial charge in [-0.25, -0.2) is 9.97 Å². The molecule has 0 radical (unpaired) electrons. The Hall–Kier alpha value is -6.32. The Balaban J connectivity index is 1.08. The molecule has 47 heavy (non-hydrogen) atoms. The highest BCUT2D eigenvalue weighted by atomic mass is 16.5. The van der Waals surface area contributed by atoms with Gasteiger partial charge in [0.2, 0.25) is 0 Å². The molecular formula is C44H28N2O. The van der Waals surface area contributed by atoms with E-state index < -0.39 is 0 Å². The van der Waals surface area contributed by atoms with Crippen LogP contribution in [0.1, 0.15) is 0 Å². The maximum absolute atomic E-state index is 6.33. The number of benzene rings is 7. The second kappa shape index (κ2) is 11.2. The smallest absolute Gasteiger partial charge is 0.160 e. The lowest BCUT2D eigenvalue weighted by molar-refractivity contribution is 0.487. The van der Waals surface area contributed by atoms with Gasteiger partial charge in [0.1, 0.15) is 11.5 Å². The third-order valence-corrected chi connectivity index (χ3v) is 8.92. The number of rotatable bonds is 5. The molecule has 1 aliphatic rings. The normalized spacial score (nSPS) is 11.6. The SMILES string of the molecule is c1ccc(-c2ccc(-c3cc(-c4ccc(-c5ccc6c(c5)-c5cccc7cccc(c57)O6)cc4)nc(-c4ccccc4)n3)cc2)cc1. The average molecular weight is 601 g/mol. The van der Waals surface area contributed by atoms with Crippen LogP contribution in [-0.4, -0.2) is 9.97 Å². The summed E-state index contributed by atoms with van der Waals surface area (Å²) in [7, 11) is 0. The molecule has 0 unspecified atom stereocenters. The van der Waals surface area contributed by atoms with Crippen LogP contribution in [0.5, 0.6) is 11.5 Å². The monoisotopic (exact) mass is 600 g/mol. The van der Waals surface area contributed by atoms with Gasteiger partial charge in [-0.3, -0.25) is 0 Å². The number of aromatic nitrogens is 2. The van der Waals surface area contributed by atoms with E-state index in [1.807, 2.05) is 36.4 Å². The fraction of sp³-hybridized carbons (Fsp3) is 0. The van der Waals surface area contributed by atoms with E-state index in [4.69, 9.17) is 14.7 Å². The second-order valence-corrected chi connectivity index (χ2v) is 11.8. The largest absolute Gasteiger partial charge is 0.456 e. The lowest BCUT2D eigenvalue weighted by Crippen LogP contribution is -1.97. The minimum Gasteiger partial charge on any atom is -0.456 e. The minimum atomic E-state index is 0.707. The molecule has 2 heterocycles. The van der Waals surface area contributed by atoms with Crippen LogP contribution in [0, 0.1) is 0 Å². The summed E-state index contributed by atoms with van der Waals surface area (Å²) in [6.07, 6.45) is 0. The molecule has 1 aliphatic heterocycles. The van der Waals surface area contributed by atoms with E-state index in [1.165, 1.54) is 27.5 Å². The number of fused-ring (bicyclic) bond motifs is 2. The van der Waals surface area contributed by atoms with E-state index in [9.17, 15) is 0 Å². The van der Waals surface area contributed by atoms with Crippen molar-refractivity contribution >= 4 is 10.8 Å². The van der Waals surface area contributed by atoms with Crippen molar-refractivity contribution in [3.63, 3.8) is 0 Å². The summed E-state index contributed by atoms with van der Waals surface area (Å²) in [6, 6.07) is 59.1. The molecule has 220 valence electrons. The standard InChI is InChI=1S/C44H28N2O/c1-3-9-29(10-4-1)30-17-21-32(22-18-30)39-28-40(46-44(45-39)35-11-5-2-6-12-35)33-23-19-31(20-24-33)36-25-26-41-38(27-36)37-15-7-13-34-14-8-16-42(47-41)43(34)37/h1-28H. The van der Waals surface area contributed by atoms with E-state index in [1.54, 1.807) is 0 Å². The number of ether oxygens (including phenoxy) is 1. The van der Waals surface area contributed by atoms with Crippen molar-refractivity contribution in [3.05, 3.63) is 170 Å². The molecule has 0 bridgehead atoms. The van der Waals surface area contributed by atoms with Crippen LogP contribution >= 0.6 is 0 Å². The van der Waals surface area contributed by atoms with Crippen LogP contribution in [0.4, 0.5) is 0 Å². The van der Waals surface area contributed by atoms with Crippen molar-refractivity contribution in [1.82, 2.24) is 9.97 Å². The molecule has 0 atom stereocenters. The molecule has 9 rings (SSSR count). The van der Waals surface area contributed by atoms with Crippen molar-refractivity contribution in [2.75, 3.05) is 0 Å². The Morgan fingerprint density at radius 2 is 0.872 bits per heavy atom. The van der Waals surface area contributed by atoms with Crippen LogP contribution in [0.2, 0.25) is 0 Å². The third kappa shape index (κ3) is 4.95. The molecule has 0 N–H and O–H groups in total. The fourth-order valence-electron chi connectivity index (χ4n) is 6.50. The third-order valence-electron chi connectivity index (χ3n) is 8.92. The minimum absolute atomic E-state index is 0.707. The van der Waals surface area contributed by atoms with Crippen LogP contribution in [0.3, 0.4) is 0 Å². The molecule has 7 aromatic carbocycles. The first-order valence-corrected chi connectivity index (χ1v) is 15.8. The Kier molecular flexibility index (Phi) is 6.46. The van der Waals surface area contributed by atoms with Gasteiger partial charge in [0.15, 0.2) is 5.82 Å². The summed E-state index contributed by atoms with van der Waals surface area (Å²) in [5.41, 5.74) is 11.8. The van der Waals surface area contributed by atoms with Crippen LogP contribution in [0.25, 0.3) is 78.1 Å².